The van der Waals surface area contributed by atoms with E-state index >= 15 is 0 Å². The van der Waals surface area contributed by atoms with Crippen molar-refractivity contribution in [1.82, 2.24) is 4.72 Å². The van der Waals surface area contributed by atoms with Crippen molar-refractivity contribution in [1.29, 1.82) is 0 Å². The third-order valence-corrected chi connectivity index (χ3v) is 4.65. The van der Waals surface area contributed by atoms with Crippen LogP contribution in [-0.4, -0.2) is 31.4 Å². The first kappa shape index (κ1) is 11.9. The lowest BCUT2D eigenvalue weighted by atomic mass is 10.1. The second-order valence-corrected chi connectivity index (χ2v) is 6.54. The molecule has 1 rings (SSSR count). The zero-order valence-electron chi connectivity index (χ0n) is 8.73. The summed E-state index contributed by atoms with van der Waals surface area (Å²) in [6, 6.07) is 0.0274. The average molecular weight is 221 g/mol. The molecule has 0 spiro atoms. The normalized spacial score (nSPS) is 28.6. The monoisotopic (exact) mass is 221 g/mol. The van der Waals surface area contributed by atoms with E-state index in [1.54, 1.807) is 13.8 Å². The van der Waals surface area contributed by atoms with Crippen LogP contribution < -0.4 is 4.72 Å². The summed E-state index contributed by atoms with van der Waals surface area (Å²) in [5.74, 6) is 0.273. The standard InChI is InChI=1S/C9H19NO3S/c1-7(2)14(12,13)10-9-4-3-8(5-9)6-11/h7-11H,3-6H2,1-2H3. The van der Waals surface area contributed by atoms with Gasteiger partial charge in [-0.15, -0.1) is 0 Å². The van der Waals surface area contributed by atoms with Crippen molar-refractivity contribution in [3.05, 3.63) is 0 Å². The molecule has 2 unspecified atom stereocenters. The fourth-order valence-electron chi connectivity index (χ4n) is 1.72. The minimum absolute atomic E-state index is 0.0274. The Balaban J connectivity index is 2.47. The van der Waals surface area contributed by atoms with E-state index in [0.29, 0.717) is 0 Å². The zero-order valence-corrected chi connectivity index (χ0v) is 9.55. The molecule has 5 heteroatoms. The molecule has 4 nitrogen and oxygen atoms in total. The number of nitrogens with one attached hydrogen (secondary N) is 1. The highest BCUT2D eigenvalue weighted by molar-refractivity contribution is 7.90. The molecule has 2 N–H and O–H groups in total. The van der Waals surface area contributed by atoms with E-state index in [0.717, 1.165) is 19.3 Å². The SMILES string of the molecule is CC(C)S(=O)(=O)NC1CCC(CO)C1. The molecule has 1 aliphatic carbocycles. The summed E-state index contributed by atoms with van der Waals surface area (Å²) in [5.41, 5.74) is 0. The molecular formula is C9H19NO3S. The molecule has 14 heavy (non-hydrogen) atoms. The van der Waals surface area contributed by atoms with E-state index in [1.165, 1.54) is 0 Å². The van der Waals surface area contributed by atoms with Crippen molar-refractivity contribution in [2.45, 2.75) is 44.4 Å². The van der Waals surface area contributed by atoms with E-state index in [2.05, 4.69) is 4.72 Å². The van der Waals surface area contributed by atoms with E-state index in [1.807, 2.05) is 0 Å². The molecule has 1 fully saturated rings. The van der Waals surface area contributed by atoms with Crippen molar-refractivity contribution in [3.63, 3.8) is 0 Å². The minimum Gasteiger partial charge on any atom is -0.396 e. The Bertz CT molecular complexity index is 274. The van der Waals surface area contributed by atoms with Crippen LogP contribution in [0.4, 0.5) is 0 Å². The lowest BCUT2D eigenvalue weighted by Gasteiger charge is -2.15. The molecule has 0 saturated heterocycles. The lowest BCUT2D eigenvalue weighted by Crippen LogP contribution is -2.37. The van der Waals surface area contributed by atoms with Gasteiger partial charge in [0.15, 0.2) is 0 Å². The molecular weight excluding hydrogens is 202 g/mol. The Morgan fingerprint density at radius 2 is 2.07 bits per heavy atom. The number of aliphatic hydroxyl groups excluding tert-OH is 1. The molecule has 0 aliphatic heterocycles. The van der Waals surface area contributed by atoms with Crippen LogP contribution in [0.2, 0.25) is 0 Å². The topological polar surface area (TPSA) is 66.4 Å². The summed E-state index contributed by atoms with van der Waals surface area (Å²) in [5, 5.41) is 8.54. The van der Waals surface area contributed by atoms with Crippen LogP contribution >= 0.6 is 0 Å². The van der Waals surface area contributed by atoms with E-state index in [9.17, 15) is 8.42 Å². The maximum atomic E-state index is 11.5. The van der Waals surface area contributed by atoms with E-state index in [-0.39, 0.29) is 23.8 Å². The van der Waals surface area contributed by atoms with Crippen LogP contribution in [0.15, 0.2) is 0 Å². The van der Waals surface area contributed by atoms with Crippen LogP contribution in [0.5, 0.6) is 0 Å². The first-order valence-electron chi connectivity index (χ1n) is 5.07. The molecule has 0 amide bonds. The number of sulfonamides is 1. The average Bonchev–Trinajstić information content (AvgIpc) is 2.51. The number of hydrogen-bond acceptors (Lipinski definition) is 3. The Kier molecular flexibility index (Phi) is 3.92. The molecule has 0 heterocycles. The van der Waals surface area contributed by atoms with E-state index < -0.39 is 10.0 Å². The molecule has 0 aromatic rings. The number of rotatable bonds is 4. The highest BCUT2D eigenvalue weighted by Crippen LogP contribution is 2.25. The van der Waals surface area contributed by atoms with Crippen LogP contribution in [0.25, 0.3) is 0 Å². The van der Waals surface area contributed by atoms with Gasteiger partial charge < -0.3 is 5.11 Å². The molecule has 0 aromatic carbocycles. The van der Waals surface area contributed by atoms with E-state index in [4.69, 9.17) is 5.11 Å². The number of hydrogen-bond donors (Lipinski definition) is 2. The molecule has 0 aromatic heterocycles. The quantitative estimate of drug-likeness (QED) is 0.725. The molecule has 1 aliphatic rings. The largest absolute Gasteiger partial charge is 0.396 e. The van der Waals surface area contributed by atoms with Gasteiger partial charge in [0, 0.05) is 12.6 Å². The summed E-state index contributed by atoms with van der Waals surface area (Å²) >= 11 is 0. The molecule has 2 atom stereocenters. The summed E-state index contributed by atoms with van der Waals surface area (Å²) in [6.07, 6.45) is 2.53. The number of aliphatic hydroxyl groups is 1. The summed E-state index contributed by atoms with van der Waals surface area (Å²) in [6.45, 7) is 3.50. The smallest absolute Gasteiger partial charge is 0.214 e. The second-order valence-electron chi connectivity index (χ2n) is 4.27. The van der Waals surface area contributed by atoms with Crippen molar-refractivity contribution in [2.75, 3.05) is 6.61 Å². The van der Waals surface area contributed by atoms with Gasteiger partial charge in [0.25, 0.3) is 0 Å². The van der Waals surface area contributed by atoms with Crippen LogP contribution in [-0.2, 0) is 10.0 Å². The predicted molar refractivity (Wildman–Crippen MR) is 55.4 cm³/mol. The van der Waals surface area contributed by atoms with Crippen LogP contribution in [0, 0.1) is 5.92 Å². The van der Waals surface area contributed by atoms with Gasteiger partial charge in [-0.05, 0) is 39.0 Å². The van der Waals surface area contributed by atoms with Crippen molar-refractivity contribution < 1.29 is 13.5 Å². The van der Waals surface area contributed by atoms with Gasteiger partial charge in [-0.25, -0.2) is 13.1 Å². The van der Waals surface area contributed by atoms with Gasteiger partial charge in [0.1, 0.15) is 0 Å². The van der Waals surface area contributed by atoms with Gasteiger partial charge >= 0.3 is 0 Å². The fraction of sp³-hybridized carbons (Fsp3) is 1.00. The minimum atomic E-state index is -3.14. The summed E-state index contributed by atoms with van der Waals surface area (Å²) in [7, 11) is -3.14. The Hall–Kier alpha value is -0.130. The third-order valence-electron chi connectivity index (χ3n) is 2.75. The molecule has 84 valence electrons. The third kappa shape index (κ3) is 2.93. The van der Waals surface area contributed by atoms with Crippen molar-refractivity contribution in [3.8, 4) is 0 Å². The maximum absolute atomic E-state index is 11.5. The van der Waals surface area contributed by atoms with Gasteiger partial charge in [-0.1, -0.05) is 0 Å². The van der Waals surface area contributed by atoms with Gasteiger partial charge in [0.05, 0.1) is 5.25 Å². The predicted octanol–water partition coefficient (Wildman–Crippen LogP) is 0.475. The Labute approximate surface area is 85.8 Å². The van der Waals surface area contributed by atoms with Crippen molar-refractivity contribution >= 4 is 10.0 Å². The summed E-state index contributed by atoms with van der Waals surface area (Å²) in [4.78, 5) is 0. The van der Waals surface area contributed by atoms with Gasteiger partial charge in [-0.2, -0.15) is 0 Å². The molecule has 1 saturated carbocycles. The highest BCUT2D eigenvalue weighted by Gasteiger charge is 2.28. The van der Waals surface area contributed by atoms with Crippen LogP contribution in [0.3, 0.4) is 0 Å². The zero-order chi connectivity index (χ0) is 10.8. The van der Waals surface area contributed by atoms with Gasteiger partial charge in [0.2, 0.25) is 10.0 Å². The van der Waals surface area contributed by atoms with Crippen LogP contribution in [0.1, 0.15) is 33.1 Å². The Morgan fingerprint density at radius 3 is 2.50 bits per heavy atom. The van der Waals surface area contributed by atoms with Gasteiger partial charge in [-0.3, -0.25) is 0 Å². The Morgan fingerprint density at radius 1 is 1.43 bits per heavy atom. The van der Waals surface area contributed by atoms with Crippen molar-refractivity contribution in [2.24, 2.45) is 5.92 Å². The second kappa shape index (κ2) is 4.59. The molecule has 0 bridgehead atoms. The maximum Gasteiger partial charge on any atom is 0.214 e. The first-order chi connectivity index (χ1) is 6.45. The lowest BCUT2D eigenvalue weighted by molar-refractivity contribution is 0.228. The highest BCUT2D eigenvalue weighted by atomic mass is 32.2. The fourth-order valence-corrected chi connectivity index (χ4v) is 2.67. The molecule has 0 radical (unpaired) electrons. The first-order valence-corrected chi connectivity index (χ1v) is 6.62. The summed E-state index contributed by atoms with van der Waals surface area (Å²) < 4.78 is 25.7.